The van der Waals surface area contributed by atoms with Crippen molar-refractivity contribution in [2.75, 3.05) is 6.61 Å². The lowest BCUT2D eigenvalue weighted by Crippen LogP contribution is -2.25. The number of nitrogens with zero attached hydrogens (tertiary/aromatic N) is 1. The molecule has 1 aromatic carbocycles. The number of ether oxygens (including phenoxy) is 1. The Bertz CT molecular complexity index is 642. The van der Waals surface area contributed by atoms with Crippen molar-refractivity contribution >= 4 is 23.5 Å². The number of thiophene rings is 1. The smallest absolute Gasteiger partial charge is 0.277 e. The zero-order valence-corrected chi connectivity index (χ0v) is 13.2. The van der Waals surface area contributed by atoms with Crippen LogP contribution in [0.15, 0.2) is 34.7 Å². The van der Waals surface area contributed by atoms with Gasteiger partial charge in [0.2, 0.25) is 0 Å². The van der Waals surface area contributed by atoms with Crippen molar-refractivity contribution in [1.82, 2.24) is 5.43 Å². The summed E-state index contributed by atoms with van der Waals surface area (Å²) in [6.45, 7) is 5.87. The van der Waals surface area contributed by atoms with Crippen LogP contribution in [0.25, 0.3) is 0 Å². The third kappa shape index (κ3) is 4.16. The van der Waals surface area contributed by atoms with Crippen LogP contribution in [0.3, 0.4) is 0 Å². The lowest BCUT2D eigenvalue weighted by molar-refractivity contribution is -0.123. The van der Waals surface area contributed by atoms with Crippen molar-refractivity contribution in [3.8, 4) is 5.75 Å². The molecule has 4 nitrogen and oxygen atoms in total. The Morgan fingerprint density at radius 2 is 1.95 bits per heavy atom. The summed E-state index contributed by atoms with van der Waals surface area (Å²) in [4.78, 5) is 12.7. The van der Waals surface area contributed by atoms with E-state index in [4.69, 9.17) is 4.74 Å². The second-order valence-corrected chi connectivity index (χ2v) is 5.72. The maximum absolute atomic E-state index is 11.7. The first-order chi connectivity index (χ1) is 10.1. The summed E-state index contributed by atoms with van der Waals surface area (Å²) in [5.74, 6) is 0.480. The van der Waals surface area contributed by atoms with Crippen LogP contribution in [0.4, 0.5) is 0 Å². The van der Waals surface area contributed by atoms with Gasteiger partial charge in [0.25, 0.3) is 5.91 Å². The normalized spacial score (nSPS) is 10.8. The summed E-state index contributed by atoms with van der Waals surface area (Å²) in [5.41, 5.74) is 5.64. The molecule has 0 aliphatic heterocycles. The fourth-order valence-corrected chi connectivity index (χ4v) is 2.66. The highest BCUT2D eigenvalue weighted by Gasteiger charge is 2.06. The summed E-state index contributed by atoms with van der Waals surface area (Å²) in [7, 11) is 0. The number of carbonyl (C=O) groups is 1. The molecule has 0 unspecified atom stereocenters. The zero-order valence-electron chi connectivity index (χ0n) is 12.3. The molecule has 110 valence electrons. The molecular formula is C16H18N2O2S. The quantitative estimate of drug-likeness (QED) is 0.681. The van der Waals surface area contributed by atoms with Gasteiger partial charge < -0.3 is 4.74 Å². The summed E-state index contributed by atoms with van der Waals surface area (Å²) >= 11 is 1.58. The average Bonchev–Trinajstić information content (AvgIpc) is 2.84. The van der Waals surface area contributed by atoms with Gasteiger partial charge in [-0.2, -0.15) is 5.10 Å². The molecular weight excluding hydrogens is 284 g/mol. The second kappa shape index (κ2) is 7.04. The van der Waals surface area contributed by atoms with Crippen molar-refractivity contribution in [3.05, 3.63) is 51.2 Å². The summed E-state index contributed by atoms with van der Waals surface area (Å²) in [5, 5.41) is 5.93. The number of hydrazone groups is 1. The van der Waals surface area contributed by atoms with Crippen LogP contribution in [0.1, 0.15) is 21.6 Å². The van der Waals surface area contributed by atoms with Crippen LogP contribution in [0, 0.1) is 20.8 Å². The van der Waals surface area contributed by atoms with Crippen LogP contribution >= 0.6 is 11.3 Å². The van der Waals surface area contributed by atoms with E-state index in [-0.39, 0.29) is 12.5 Å². The van der Waals surface area contributed by atoms with Gasteiger partial charge in [-0.05, 0) is 48.9 Å². The highest BCUT2D eigenvalue weighted by atomic mass is 32.1. The molecule has 0 aliphatic carbocycles. The molecule has 1 aromatic heterocycles. The van der Waals surface area contributed by atoms with E-state index in [1.807, 2.05) is 50.4 Å². The van der Waals surface area contributed by atoms with Crippen LogP contribution in [0.2, 0.25) is 0 Å². The predicted molar refractivity (Wildman–Crippen MR) is 86.2 cm³/mol. The minimum absolute atomic E-state index is 0.0492. The molecule has 1 N–H and O–H groups in total. The number of hydrogen-bond acceptors (Lipinski definition) is 4. The Morgan fingerprint density at radius 3 is 2.57 bits per heavy atom. The summed E-state index contributed by atoms with van der Waals surface area (Å²) < 4.78 is 5.56. The molecule has 0 radical (unpaired) electrons. The maximum Gasteiger partial charge on any atom is 0.277 e. The fourth-order valence-electron chi connectivity index (χ4n) is 1.88. The molecule has 0 aliphatic rings. The first-order valence-corrected chi connectivity index (χ1v) is 7.51. The molecule has 0 atom stereocenters. The van der Waals surface area contributed by atoms with Gasteiger partial charge in [-0.25, -0.2) is 5.43 Å². The Hall–Kier alpha value is -2.14. The van der Waals surface area contributed by atoms with E-state index < -0.39 is 0 Å². The molecule has 2 rings (SSSR count). The monoisotopic (exact) mass is 302 g/mol. The number of carbonyl (C=O) groups excluding carboxylic acids is 1. The molecule has 0 saturated heterocycles. The number of aryl methyl sites for hydroxylation is 3. The van der Waals surface area contributed by atoms with Gasteiger partial charge in [0.1, 0.15) is 5.75 Å². The highest BCUT2D eigenvalue weighted by Crippen LogP contribution is 2.21. The van der Waals surface area contributed by atoms with Gasteiger partial charge in [0.15, 0.2) is 6.61 Å². The van der Waals surface area contributed by atoms with Crippen molar-refractivity contribution in [3.63, 3.8) is 0 Å². The highest BCUT2D eigenvalue weighted by molar-refractivity contribution is 7.11. The molecule has 2 aromatic rings. The Kier molecular flexibility index (Phi) is 5.11. The Labute approximate surface area is 128 Å². The van der Waals surface area contributed by atoms with Crippen LogP contribution in [0.5, 0.6) is 5.75 Å². The van der Waals surface area contributed by atoms with Crippen LogP contribution < -0.4 is 10.2 Å². The number of hydrogen-bond donors (Lipinski definition) is 1. The molecule has 21 heavy (non-hydrogen) atoms. The maximum atomic E-state index is 11.7. The summed E-state index contributed by atoms with van der Waals surface area (Å²) in [6, 6.07) is 7.89. The Balaban J connectivity index is 1.85. The molecule has 0 bridgehead atoms. The lowest BCUT2D eigenvalue weighted by atomic mass is 10.1. The zero-order chi connectivity index (χ0) is 15.2. The first-order valence-electron chi connectivity index (χ1n) is 6.63. The average molecular weight is 302 g/mol. The molecule has 0 spiro atoms. The van der Waals surface area contributed by atoms with Crippen molar-refractivity contribution in [1.29, 1.82) is 0 Å². The van der Waals surface area contributed by atoms with E-state index in [2.05, 4.69) is 10.5 Å². The molecule has 5 heteroatoms. The first kappa shape index (κ1) is 15.3. The third-order valence-electron chi connectivity index (χ3n) is 3.03. The van der Waals surface area contributed by atoms with E-state index in [0.29, 0.717) is 0 Å². The largest absolute Gasteiger partial charge is 0.483 e. The van der Waals surface area contributed by atoms with E-state index in [1.165, 1.54) is 0 Å². The van der Waals surface area contributed by atoms with Crippen LogP contribution in [-0.2, 0) is 4.79 Å². The Morgan fingerprint density at radius 1 is 1.24 bits per heavy atom. The number of amides is 1. The van der Waals surface area contributed by atoms with Gasteiger partial charge in [-0.3, -0.25) is 4.79 Å². The molecule has 1 heterocycles. The van der Waals surface area contributed by atoms with E-state index in [9.17, 15) is 4.79 Å². The number of para-hydroxylation sites is 1. The number of nitrogens with one attached hydrogen (secondary N) is 1. The fraction of sp³-hybridized carbons (Fsp3) is 0.250. The summed E-state index contributed by atoms with van der Waals surface area (Å²) in [6.07, 6.45) is 1.65. The van der Waals surface area contributed by atoms with Gasteiger partial charge in [-0.15, -0.1) is 11.3 Å². The van der Waals surface area contributed by atoms with Gasteiger partial charge in [0.05, 0.1) is 6.21 Å². The van der Waals surface area contributed by atoms with Crippen LogP contribution in [-0.4, -0.2) is 18.7 Å². The predicted octanol–water partition coefficient (Wildman–Crippen LogP) is 3.20. The minimum Gasteiger partial charge on any atom is -0.483 e. The van der Waals surface area contributed by atoms with E-state index in [0.717, 1.165) is 27.3 Å². The second-order valence-electron chi connectivity index (χ2n) is 4.77. The van der Waals surface area contributed by atoms with E-state index in [1.54, 1.807) is 17.6 Å². The standard InChI is InChI=1S/C16H18N2O2S/c1-11-7-8-21-14(11)9-17-18-15(19)10-20-16-12(2)5-4-6-13(16)3/h4-9H,10H2,1-3H3,(H,18,19)/b17-9+. The number of rotatable bonds is 5. The molecule has 0 saturated carbocycles. The van der Waals surface area contributed by atoms with Gasteiger partial charge in [-0.1, -0.05) is 18.2 Å². The third-order valence-corrected chi connectivity index (χ3v) is 3.98. The van der Waals surface area contributed by atoms with E-state index >= 15 is 0 Å². The van der Waals surface area contributed by atoms with Crippen molar-refractivity contribution in [2.24, 2.45) is 5.10 Å². The molecule has 0 fully saturated rings. The minimum atomic E-state index is -0.275. The van der Waals surface area contributed by atoms with Gasteiger partial charge >= 0.3 is 0 Å². The topological polar surface area (TPSA) is 50.7 Å². The van der Waals surface area contributed by atoms with Crippen molar-refractivity contribution < 1.29 is 9.53 Å². The lowest BCUT2D eigenvalue weighted by Gasteiger charge is -2.10. The SMILES string of the molecule is Cc1ccsc1/C=N/NC(=O)COc1c(C)cccc1C. The van der Waals surface area contributed by atoms with Gasteiger partial charge in [0, 0.05) is 4.88 Å². The molecule has 1 amide bonds. The van der Waals surface area contributed by atoms with Crippen molar-refractivity contribution in [2.45, 2.75) is 20.8 Å². The number of benzene rings is 1.